The van der Waals surface area contributed by atoms with Crippen LogP contribution in [0, 0.1) is 0 Å². The molecule has 7 rings (SSSR count). The molecule has 1 saturated heterocycles. The minimum atomic E-state index is 0.273. The van der Waals surface area contributed by atoms with Gasteiger partial charge in [0.15, 0.2) is 0 Å². The average Bonchev–Trinajstić information content (AvgIpc) is 3.75. The molecule has 1 atom stereocenters. The van der Waals surface area contributed by atoms with E-state index in [0.717, 1.165) is 57.8 Å². The van der Waals surface area contributed by atoms with Crippen LogP contribution in [0.4, 0.5) is 11.4 Å². The van der Waals surface area contributed by atoms with E-state index in [2.05, 4.69) is 153 Å². The number of aromatic nitrogens is 1. The summed E-state index contributed by atoms with van der Waals surface area (Å²) in [5, 5.41) is 14.8. The number of rotatable bonds is 11. The SMILES string of the molecule is CCC[N+](CCCNC1=CC(CC=Cc2sc3c4ccccc4ccc3[n+]2C)c2ccccc2N1c1ccccc1)=C1NCCN1. The highest BCUT2D eigenvalue weighted by molar-refractivity contribution is 7.19. The number of nitrogens with zero attached hydrogens (tertiary/aromatic N) is 3. The highest BCUT2D eigenvalue weighted by atomic mass is 32.1. The van der Waals surface area contributed by atoms with Gasteiger partial charge in [0.1, 0.15) is 17.6 Å². The fraction of sp³-hybridized carbons (Fsp3) is 0.282. The molecule has 3 heterocycles. The largest absolute Gasteiger partial charge is 0.371 e. The Balaban J connectivity index is 1.15. The molecule has 7 heteroatoms. The quantitative estimate of drug-likeness (QED) is 0.109. The third-order valence-corrected chi connectivity index (χ3v) is 10.3. The van der Waals surface area contributed by atoms with Crippen LogP contribution in [0.5, 0.6) is 0 Å². The van der Waals surface area contributed by atoms with Gasteiger partial charge in [0.25, 0.3) is 5.01 Å². The molecule has 0 saturated carbocycles. The Bertz CT molecular complexity index is 1910. The predicted molar refractivity (Wildman–Crippen MR) is 194 cm³/mol. The first-order chi connectivity index (χ1) is 22.7. The van der Waals surface area contributed by atoms with Gasteiger partial charge in [0.05, 0.1) is 31.9 Å². The Kier molecular flexibility index (Phi) is 9.01. The zero-order chi connectivity index (χ0) is 31.3. The smallest absolute Gasteiger partial charge is 0.345 e. The van der Waals surface area contributed by atoms with Gasteiger partial charge in [-0.15, -0.1) is 0 Å². The molecule has 0 spiro atoms. The van der Waals surface area contributed by atoms with Crippen molar-refractivity contribution in [2.24, 2.45) is 7.05 Å². The zero-order valence-corrected chi connectivity index (χ0v) is 27.7. The topological polar surface area (TPSA) is 46.2 Å². The Hall–Kier alpha value is -4.62. The molecule has 0 aliphatic carbocycles. The van der Waals surface area contributed by atoms with Gasteiger partial charge in [-0.25, -0.2) is 0 Å². The van der Waals surface area contributed by atoms with Crippen molar-refractivity contribution in [3.05, 3.63) is 120 Å². The molecule has 234 valence electrons. The molecule has 0 bridgehead atoms. The highest BCUT2D eigenvalue weighted by Crippen LogP contribution is 2.42. The molecular weight excluding hydrogens is 585 g/mol. The summed E-state index contributed by atoms with van der Waals surface area (Å²) in [6, 6.07) is 32.8. The summed E-state index contributed by atoms with van der Waals surface area (Å²) in [6.45, 7) is 7.22. The van der Waals surface area contributed by atoms with Crippen LogP contribution in [0.2, 0.25) is 0 Å². The number of anilines is 2. The lowest BCUT2D eigenvalue weighted by Crippen LogP contribution is -2.38. The Morgan fingerprint density at radius 1 is 0.935 bits per heavy atom. The summed E-state index contributed by atoms with van der Waals surface area (Å²) >= 11 is 1.88. The number of guanidine groups is 1. The predicted octanol–water partition coefficient (Wildman–Crippen LogP) is 7.01. The van der Waals surface area contributed by atoms with Crippen LogP contribution in [0.1, 0.15) is 42.7 Å². The van der Waals surface area contributed by atoms with E-state index in [4.69, 9.17) is 0 Å². The molecule has 4 aromatic carbocycles. The van der Waals surface area contributed by atoms with Crippen LogP contribution in [-0.4, -0.2) is 43.3 Å². The fourth-order valence-corrected chi connectivity index (χ4v) is 7.99. The van der Waals surface area contributed by atoms with Crippen molar-refractivity contribution < 1.29 is 9.14 Å². The van der Waals surface area contributed by atoms with Crippen molar-refractivity contribution in [1.29, 1.82) is 0 Å². The van der Waals surface area contributed by atoms with Gasteiger partial charge in [-0.3, -0.25) is 20.1 Å². The van der Waals surface area contributed by atoms with E-state index in [-0.39, 0.29) is 5.92 Å². The van der Waals surface area contributed by atoms with Gasteiger partial charge < -0.3 is 5.32 Å². The van der Waals surface area contributed by atoms with Gasteiger partial charge in [-0.05, 0) is 60.6 Å². The zero-order valence-electron chi connectivity index (χ0n) is 26.9. The third-order valence-electron chi connectivity index (χ3n) is 9.03. The number of hydrogen-bond acceptors (Lipinski definition) is 3. The van der Waals surface area contributed by atoms with Crippen LogP contribution in [0.15, 0.2) is 109 Å². The van der Waals surface area contributed by atoms with E-state index >= 15 is 0 Å². The van der Waals surface area contributed by atoms with Crippen molar-refractivity contribution in [1.82, 2.24) is 16.0 Å². The molecule has 2 aliphatic rings. The number of allylic oxidation sites excluding steroid dienone is 2. The van der Waals surface area contributed by atoms with Gasteiger partial charge >= 0.3 is 5.96 Å². The molecule has 5 aromatic rings. The molecule has 1 aromatic heterocycles. The molecule has 1 unspecified atom stereocenters. The Morgan fingerprint density at radius 3 is 2.57 bits per heavy atom. The fourth-order valence-electron chi connectivity index (χ4n) is 6.77. The first-order valence-corrected chi connectivity index (χ1v) is 17.5. The van der Waals surface area contributed by atoms with Crippen molar-refractivity contribution in [3.63, 3.8) is 0 Å². The molecule has 0 amide bonds. The number of hydrogen-bond donors (Lipinski definition) is 3. The summed E-state index contributed by atoms with van der Waals surface area (Å²) in [5.41, 5.74) is 5.07. The number of para-hydroxylation sites is 2. The summed E-state index contributed by atoms with van der Waals surface area (Å²) in [5.74, 6) is 2.62. The normalized spacial score (nSPS) is 16.0. The van der Waals surface area contributed by atoms with E-state index < -0.39 is 0 Å². The molecule has 1 fully saturated rings. The molecular formula is C39H44N6S+2. The first-order valence-electron chi connectivity index (χ1n) is 16.7. The molecule has 3 N–H and O–H groups in total. The molecule has 6 nitrogen and oxygen atoms in total. The maximum Gasteiger partial charge on any atom is 0.345 e. The van der Waals surface area contributed by atoms with Crippen molar-refractivity contribution in [3.8, 4) is 0 Å². The summed E-state index contributed by atoms with van der Waals surface area (Å²) in [6.07, 6.45) is 10.2. The van der Waals surface area contributed by atoms with E-state index in [1.807, 2.05) is 11.3 Å². The molecule has 2 aliphatic heterocycles. The van der Waals surface area contributed by atoms with Crippen LogP contribution in [0.25, 0.3) is 27.1 Å². The van der Waals surface area contributed by atoms with Crippen molar-refractivity contribution in [2.75, 3.05) is 37.6 Å². The molecule has 46 heavy (non-hydrogen) atoms. The number of nitrogens with one attached hydrogen (secondary N) is 3. The monoisotopic (exact) mass is 628 g/mol. The average molecular weight is 629 g/mol. The summed E-state index contributed by atoms with van der Waals surface area (Å²) < 4.78 is 6.14. The van der Waals surface area contributed by atoms with E-state index in [1.54, 1.807) is 0 Å². The number of aryl methyl sites for hydroxylation is 1. The minimum Gasteiger partial charge on any atom is -0.371 e. The standard InChI is InChI=1S/C39H43N6S/c1-3-26-44(39-41-24-25-42-39)27-12-23-40-36-28-30(32-17-9-10-19-34(32)45(36)31-15-5-4-6-16-31)14-11-20-37-43(2)35-22-21-29-13-7-8-18-33(29)38(35)46-37/h4-11,13,15-22,28,30,40H,3,12,14,23-27H2,1-2H3,(H,41,42)/q+1/p+1. The van der Waals surface area contributed by atoms with E-state index in [9.17, 15) is 0 Å². The van der Waals surface area contributed by atoms with E-state index in [1.165, 1.54) is 48.9 Å². The maximum absolute atomic E-state index is 3.87. The second-order valence-electron chi connectivity index (χ2n) is 12.1. The minimum absolute atomic E-state index is 0.273. The van der Waals surface area contributed by atoms with E-state index in [0.29, 0.717) is 0 Å². The number of benzene rings is 4. The molecule has 0 radical (unpaired) electrons. The van der Waals surface area contributed by atoms with Crippen LogP contribution in [0.3, 0.4) is 0 Å². The lowest BCUT2D eigenvalue weighted by molar-refractivity contribution is -0.642. The van der Waals surface area contributed by atoms with Crippen LogP contribution >= 0.6 is 11.3 Å². The van der Waals surface area contributed by atoms with Gasteiger partial charge in [0.2, 0.25) is 5.52 Å². The second-order valence-corrected chi connectivity index (χ2v) is 13.2. The van der Waals surface area contributed by atoms with Crippen LogP contribution < -0.4 is 25.4 Å². The summed E-state index contributed by atoms with van der Waals surface area (Å²) in [4.78, 5) is 2.39. The van der Waals surface area contributed by atoms with Crippen molar-refractivity contribution in [2.45, 2.75) is 32.1 Å². The summed E-state index contributed by atoms with van der Waals surface area (Å²) in [7, 11) is 2.18. The number of thiazole rings is 1. The first kappa shape index (κ1) is 30.1. The lowest BCUT2D eigenvalue weighted by Gasteiger charge is -2.36. The lowest BCUT2D eigenvalue weighted by atomic mass is 9.90. The number of fused-ring (bicyclic) bond motifs is 4. The van der Waals surface area contributed by atoms with Gasteiger partial charge in [-0.1, -0.05) is 85.0 Å². The maximum atomic E-state index is 3.87. The Labute approximate surface area is 276 Å². The third kappa shape index (κ3) is 6.12. The second kappa shape index (κ2) is 13.8. The van der Waals surface area contributed by atoms with Crippen LogP contribution in [-0.2, 0) is 7.05 Å². The Morgan fingerprint density at radius 2 is 1.72 bits per heavy atom. The van der Waals surface area contributed by atoms with Crippen molar-refractivity contribution >= 4 is 55.7 Å². The van der Waals surface area contributed by atoms with Gasteiger partial charge in [0, 0.05) is 35.7 Å². The highest BCUT2D eigenvalue weighted by Gasteiger charge is 2.27. The van der Waals surface area contributed by atoms with Gasteiger partial charge in [-0.2, -0.15) is 4.57 Å².